The molecule has 0 aliphatic heterocycles. The van der Waals surface area contributed by atoms with E-state index in [-0.39, 0.29) is 18.6 Å². The average molecular weight is 226 g/mol. The first-order valence-electron chi connectivity index (χ1n) is 5.51. The molecule has 0 aromatic heterocycles. The van der Waals surface area contributed by atoms with Gasteiger partial charge in [-0.05, 0) is 19.3 Å². The van der Waals surface area contributed by atoms with E-state index in [4.69, 9.17) is 4.74 Å². The third kappa shape index (κ3) is 5.40. The summed E-state index contributed by atoms with van der Waals surface area (Å²) in [6.07, 6.45) is -2.99. The lowest BCUT2D eigenvalue weighted by Gasteiger charge is -2.26. The molecule has 0 saturated heterocycles. The highest BCUT2D eigenvalue weighted by molar-refractivity contribution is 4.73. The van der Waals surface area contributed by atoms with E-state index in [0.717, 1.165) is 6.42 Å². The van der Waals surface area contributed by atoms with Gasteiger partial charge < -0.3 is 4.74 Å². The van der Waals surface area contributed by atoms with Gasteiger partial charge >= 0.3 is 6.18 Å². The molecule has 0 aliphatic carbocycles. The van der Waals surface area contributed by atoms with E-state index in [0.29, 0.717) is 6.42 Å². The van der Waals surface area contributed by atoms with Gasteiger partial charge in [-0.1, -0.05) is 27.2 Å². The number of rotatable bonds is 6. The Morgan fingerprint density at radius 1 is 1.07 bits per heavy atom. The quantitative estimate of drug-likeness (QED) is 0.664. The molecule has 3 atom stereocenters. The van der Waals surface area contributed by atoms with E-state index in [1.165, 1.54) is 0 Å². The van der Waals surface area contributed by atoms with Gasteiger partial charge in [-0.2, -0.15) is 13.2 Å². The maximum Gasteiger partial charge on any atom is 0.394 e. The zero-order valence-corrected chi connectivity index (χ0v) is 9.90. The summed E-state index contributed by atoms with van der Waals surface area (Å²) in [5, 5.41) is 0. The molecule has 0 aromatic rings. The Kier molecular flexibility index (Phi) is 6.25. The first-order chi connectivity index (χ1) is 6.82. The topological polar surface area (TPSA) is 9.23 Å². The van der Waals surface area contributed by atoms with Crippen molar-refractivity contribution in [2.45, 2.75) is 52.8 Å². The summed E-state index contributed by atoms with van der Waals surface area (Å²) < 4.78 is 43.1. The first-order valence-corrected chi connectivity index (χ1v) is 5.51. The van der Waals surface area contributed by atoms with E-state index in [2.05, 4.69) is 0 Å². The van der Waals surface area contributed by atoms with Crippen molar-refractivity contribution in [3.8, 4) is 0 Å². The van der Waals surface area contributed by atoms with Crippen molar-refractivity contribution in [2.24, 2.45) is 11.8 Å². The normalized spacial score (nSPS) is 18.6. The van der Waals surface area contributed by atoms with Crippen molar-refractivity contribution in [3.05, 3.63) is 0 Å². The molecule has 0 saturated carbocycles. The van der Waals surface area contributed by atoms with E-state index < -0.39 is 12.1 Å². The zero-order chi connectivity index (χ0) is 12.1. The summed E-state index contributed by atoms with van der Waals surface area (Å²) in [6, 6.07) is 0. The minimum Gasteiger partial charge on any atom is -0.378 e. The molecule has 0 aliphatic rings. The molecule has 0 fully saturated rings. The van der Waals surface area contributed by atoms with Gasteiger partial charge in [0.2, 0.25) is 0 Å². The van der Waals surface area contributed by atoms with Gasteiger partial charge in [0.1, 0.15) is 0 Å². The van der Waals surface area contributed by atoms with Crippen molar-refractivity contribution < 1.29 is 17.9 Å². The molecule has 0 radical (unpaired) electrons. The van der Waals surface area contributed by atoms with Crippen molar-refractivity contribution in [1.82, 2.24) is 0 Å². The van der Waals surface area contributed by atoms with E-state index in [9.17, 15) is 13.2 Å². The minimum atomic E-state index is -4.15. The van der Waals surface area contributed by atoms with Crippen molar-refractivity contribution in [1.29, 1.82) is 0 Å². The van der Waals surface area contributed by atoms with Crippen LogP contribution >= 0.6 is 0 Å². The molecule has 0 rings (SSSR count). The Labute approximate surface area is 90.0 Å². The van der Waals surface area contributed by atoms with Gasteiger partial charge in [-0.15, -0.1) is 0 Å². The van der Waals surface area contributed by atoms with Gasteiger partial charge in [-0.3, -0.25) is 0 Å². The number of hydrogen-bond acceptors (Lipinski definition) is 1. The average Bonchev–Trinajstić information content (AvgIpc) is 2.15. The Bertz CT molecular complexity index is 168. The largest absolute Gasteiger partial charge is 0.394 e. The van der Waals surface area contributed by atoms with Crippen LogP contribution < -0.4 is 0 Å². The molecule has 0 aromatic carbocycles. The van der Waals surface area contributed by atoms with E-state index >= 15 is 0 Å². The highest BCUT2D eigenvalue weighted by Gasteiger charge is 2.42. The van der Waals surface area contributed by atoms with Gasteiger partial charge in [0, 0.05) is 0 Å². The molecular formula is C11H21F3O. The highest BCUT2D eigenvalue weighted by atomic mass is 19.4. The van der Waals surface area contributed by atoms with Crippen LogP contribution in [0.1, 0.15) is 40.5 Å². The van der Waals surface area contributed by atoms with Gasteiger partial charge in [0.05, 0.1) is 18.6 Å². The first kappa shape index (κ1) is 14.8. The van der Waals surface area contributed by atoms with Crippen molar-refractivity contribution in [3.63, 3.8) is 0 Å². The van der Waals surface area contributed by atoms with Crippen LogP contribution in [-0.4, -0.2) is 18.9 Å². The second-order valence-electron chi connectivity index (χ2n) is 4.09. The van der Waals surface area contributed by atoms with Crippen molar-refractivity contribution >= 4 is 0 Å². The highest BCUT2D eigenvalue weighted by Crippen LogP contribution is 2.34. The monoisotopic (exact) mass is 226 g/mol. The van der Waals surface area contributed by atoms with Gasteiger partial charge in [0.15, 0.2) is 0 Å². The van der Waals surface area contributed by atoms with Crippen LogP contribution in [0.2, 0.25) is 0 Å². The molecule has 3 unspecified atom stereocenters. The van der Waals surface area contributed by atoms with Crippen LogP contribution in [0.5, 0.6) is 0 Å². The van der Waals surface area contributed by atoms with Crippen LogP contribution in [-0.2, 0) is 4.74 Å². The number of hydrogen-bond donors (Lipinski definition) is 0. The SMILES string of the molecule is CCC(C)OCC(C(C)CC)C(F)(F)F. The molecule has 0 amide bonds. The molecule has 92 valence electrons. The van der Waals surface area contributed by atoms with E-state index in [1.54, 1.807) is 20.8 Å². The molecule has 15 heavy (non-hydrogen) atoms. The summed E-state index contributed by atoms with van der Waals surface area (Å²) in [4.78, 5) is 0. The summed E-state index contributed by atoms with van der Waals surface area (Å²) in [5.74, 6) is -1.72. The number of halogens is 3. The Balaban J connectivity index is 4.27. The second-order valence-corrected chi connectivity index (χ2v) is 4.09. The fraction of sp³-hybridized carbons (Fsp3) is 1.00. The fourth-order valence-electron chi connectivity index (χ4n) is 1.25. The Morgan fingerprint density at radius 2 is 1.60 bits per heavy atom. The third-order valence-corrected chi connectivity index (χ3v) is 2.89. The minimum absolute atomic E-state index is 0.0982. The maximum atomic E-state index is 12.6. The van der Waals surface area contributed by atoms with Crippen LogP contribution in [0.15, 0.2) is 0 Å². The van der Waals surface area contributed by atoms with Gasteiger partial charge in [0.25, 0.3) is 0 Å². The summed E-state index contributed by atoms with van der Waals surface area (Å²) in [6.45, 7) is 6.87. The molecule has 0 N–H and O–H groups in total. The lowest BCUT2D eigenvalue weighted by atomic mass is 9.92. The molecule has 0 heterocycles. The standard InChI is InChI=1S/C11H21F3O/c1-5-8(3)10(11(12,13)14)7-15-9(4)6-2/h8-10H,5-7H2,1-4H3. The molecule has 0 bridgehead atoms. The smallest absolute Gasteiger partial charge is 0.378 e. The molecular weight excluding hydrogens is 205 g/mol. The maximum absolute atomic E-state index is 12.6. The fourth-order valence-corrected chi connectivity index (χ4v) is 1.25. The van der Waals surface area contributed by atoms with Crippen LogP contribution in [0, 0.1) is 11.8 Å². The van der Waals surface area contributed by atoms with Crippen LogP contribution in [0.25, 0.3) is 0 Å². The summed E-state index contributed by atoms with van der Waals surface area (Å²) >= 11 is 0. The van der Waals surface area contributed by atoms with Gasteiger partial charge in [-0.25, -0.2) is 0 Å². The van der Waals surface area contributed by atoms with Crippen molar-refractivity contribution in [2.75, 3.05) is 6.61 Å². The summed E-state index contributed by atoms with van der Waals surface area (Å²) in [7, 11) is 0. The van der Waals surface area contributed by atoms with Crippen LogP contribution in [0.3, 0.4) is 0 Å². The predicted octanol–water partition coefficient (Wildman–Crippen LogP) is 4.03. The summed E-state index contributed by atoms with van der Waals surface area (Å²) in [5.41, 5.74) is 0. The second kappa shape index (κ2) is 6.36. The number of alkyl halides is 3. The molecule has 4 heteroatoms. The Hall–Kier alpha value is -0.250. The molecule has 0 spiro atoms. The molecule has 1 nitrogen and oxygen atoms in total. The Morgan fingerprint density at radius 3 is 1.93 bits per heavy atom. The van der Waals surface area contributed by atoms with Crippen LogP contribution in [0.4, 0.5) is 13.2 Å². The predicted molar refractivity (Wildman–Crippen MR) is 54.7 cm³/mol. The zero-order valence-electron chi connectivity index (χ0n) is 9.90. The van der Waals surface area contributed by atoms with E-state index in [1.807, 2.05) is 6.92 Å². The third-order valence-electron chi connectivity index (χ3n) is 2.89. The number of ether oxygens (including phenoxy) is 1. The lowest BCUT2D eigenvalue weighted by Crippen LogP contribution is -2.34. The lowest BCUT2D eigenvalue weighted by molar-refractivity contribution is -0.205.